The van der Waals surface area contributed by atoms with E-state index < -0.39 is 6.04 Å². The van der Waals surface area contributed by atoms with Gasteiger partial charge in [0.05, 0.1) is 6.04 Å². The molecule has 5 N–H and O–H groups in total. The Hall–Kier alpha value is -1.77. The minimum atomic E-state index is -0.652. The number of aryl methyl sites for hydroxylation is 1. The first kappa shape index (κ1) is 29.3. The van der Waals surface area contributed by atoms with Gasteiger partial charge in [0.15, 0.2) is 0 Å². The van der Waals surface area contributed by atoms with E-state index in [-0.39, 0.29) is 48.6 Å². The van der Waals surface area contributed by atoms with Gasteiger partial charge in [-0.15, -0.1) is 24.8 Å². The van der Waals surface area contributed by atoms with Crippen LogP contribution in [0.25, 0.3) is 0 Å². The Kier molecular flexibility index (Phi) is 11.7. The first-order valence-electron chi connectivity index (χ1n) is 10.2. The first-order chi connectivity index (χ1) is 14.7. The molecule has 2 heterocycles. The monoisotopic (exact) mass is 535 g/mol. The number of nitrogens with two attached hydrogens (primary N) is 1. The second kappa shape index (κ2) is 13.2. The predicted octanol–water partition coefficient (Wildman–Crippen LogP) is 3.46. The summed E-state index contributed by atoms with van der Waals surface area (Å²) in [6, 6.07) is 8.00. The van der Waals surface area contributed by atoms with Crippen LogP contribution >= 0.6 is 48.0 Å². The second-order valence-electron chi connectivity index (χ2n) is 7.93. The molecule has 1 aliphatic heterocycles. The van der Waals surface area contributed by atoms with Crippen LogP contribution in [-0.4, -0.2) is 35.4 Å². The molecule has 11 heteroatoms. The highest BCUT2D eigenvalue weighted by atomic mass is 35.5. The lowest BCUT2D eigenvalue weighted by Gasteiger charge is -2.17. The maximum atomic E-state index is 12.6. The average Bonchev–Trinajstić information content (AvgIpc) is 3.18. The van der Waals surface area contributed by atoms with E-state index in [4.69, 9.17) is 28.9 Å². The smallest absolute Gasteiger partial charge is 0.242 e. The molecule has 0 unspecified atom stereocenters. The maximum absolute atomic E-state index is 12.6. The number of carbonyl (C=O) groups is 2. The zero-order valence-corrected chi connectivity index (χ0v) is 21.5. The van der Waals surface area contributed by atoms with E-state index in [2.05, 4.69) is 20.9 Å². The van der Waals surface area contributed by atoms with Crippen LogP contribution in [-0.2, 0) is 22.6 Å². The van der Waals surface area contributed by atoms with Crippen molar-refractivity contribution in [2.45, 2.75) is 45.3 Å². The minimum Gasteiger partial charge on any atom is -0.384 e. The Balaban J connectivity index is 0.00000272. The molecule has 182 valence electrons. The first-order valence-corrected chi connectivity index (χ1v) is 11.0. The summed E-state index contributed by atoms with van der Waals surface area (Å²) in [5.74, 6) is 0.276. The van der Waals surface area contributed by atoms with Crippen LogP contribution in [0.4, 0.5) is 5.82 Å². The van der Waals surface area contributed by atoms with Crippen molar-refractivity contribution in [3.8, 4) is 0 Å². The SMILES string of the molecule is Cc1nc(N)ccc1CNC(=O)[C@H](C)NC(=O)[C@H]1C[C@H](Cc2ccc(Cl)cc2Cl)CN1.Cl.Cl. The summed E-state index contributed by atoms with van der Waals surface area (Å²) in [7, 11) is 0. The molecule has 7 nitrogen and oxygen atoms in total. The van der Waals surface area contributed by atoms with Gasteiger partial charge >= 0.3 is 0 Å². The largest absolute Gasteiger partial charge is 0.384 e. The van der Waals surface area contributed by atoms with E-state index in [1.165, 1.54) is 0 Å². The third-order valence-electron chi connectivity index (χ3n) is 5.48. The van der Waals surface area contributed by atoms with Crippen LogP contribution in [0.2, 0.25) is 10.0 Å². The summed E-state index contributed by atoms with van der Waals surface area (Å²) in [5, 5.41) is 10.1. The molecule has 3 rings (SSSR count). The summed E-state index contributed by atoms with van der Waals surface area (Å²) < 4.78 is 0. The molecule has 0 aliphatic carbocycles. The van der Waals surface area contributed by atoms with Crippen LogP contribution in [0, 0.1) is 12.8 Å². The topological polar surface area (TPSA) is 109 Å². The third kappa shape index (κ3) is 8.19. The standard InChI is InChI=1S/C22H27Cl2N5O2.2ClH/c1-12-16(4-6-20(25)28-12)11-27-21(30)13(2)29-22(31)19-8-14(10-26-19)7-15-3-5-17(23)9-18(15)24;;/h3-6,9,13-14,19,26H,7-8,10-11H2,1-2H3,(H2,25,28)(H,27,30)(H,29,31);2*1H/t13-,14-,19+;;/m0../s1. The van der Waals surface area contributed by atoms with Crippen molar-refractivity contribution in [1.29, 1.82) is 0 Å². The Labute approximate surface area is 216 Å². The van der Waals surface area contributed by atoms with Crippen molar-refractivity contribution in [2.75, 3.05) is 12.3 Å². The van der Waals surface area contributed by atoms with Gasteiger partial charge in [-0.25, -0.2) is 4.98 Å². The highest BCUT2D eigenvalue weighted by molar-refractivity contribution is 6.35. The molecule has 2 amide bonds. The number of hydrogen-bond acceptors (Lipinski definition) is 5. The molecule has 0 radical (unpaired) electrons. The van der Waals surface area contributed by atoms with Gasteiger partial charge < -0.3 is 21.7 Å². The van der Waals surface area contributed by atoms with Gasteiger partial charge in [-0.2, -0.15) is 0 Å². The molecule has 0 bridgehead atoms. The number of carbonyl (C=O) groups excluding carboxylic acids is 2. The normalized spacial score (nSPS) is 17.9. The number of hydrogen-bond donors (Lipinski definition) is 4. The fraction of sp³-hybridized carbons (Fsp3) is 0.409. The van der Waals surface area contributed by atoms with Gasteiger partial charge in [0, 0.05) is 22.3 Å². The van der Waals surface area contributed by atoms with E-state index >= 15 is 0 Å². The van der Waals surface area contributed by atoms with E-state index in [0.717, 1.165) is 23.2 Å². The second-order valence-corrected chi connectivity index (χ2v) is 8.77. The van der Waals surface area contributed by atoms with Crippen LogP contribution in [0.1, 0.15) is 30.2 Å². The Morgan fingerprint density at radius 3 is 2.58 bits per heavy atom. The Morgan fingerprint density at radius 1 is 1.21 bits per heavy atom. The molecule has 1 saturated heterocycles. The summed E-state index contributed by atoms with van der Waals surface area (Å²) in [5.41, 5.74) is 8.30. The number of nitrogens with one attached hydrogen (secondary N) is 3. The molecule has 1 fully saturated rings. The third-order valence-corrected chi connectivity index (χ3v) is 6.07. The average molecular weight is 537 g/mol. The number of rotatable bonds is 7. The lowest BCUT2D eigenvalue weighted by molar-refractivity contribution is -0.129. The molecular formula is C22H29Cl4N5O2. The Morgan fingerprint density at radius 2 is 1.91 bits per heavy atom. The van der Waals surface area contributed by atoms with Crippen LogP contribution in [0.3, 0.4) is 0 Å². The van der Waals surface area contributed by atoms with Crippen molar-refractivity contribution in [3.63, 3.8) is 0 Å². The summed E-state index contributed by atoms with van der Waals surface area (Å²) in [4.78, 5) is 29.2. The van der Waals surface area contributed by atoms with Crippen LogP contribution < -0.4 is 21.7 Å². The van der Waals surface area contributed by atoms with E-state index in [9.17, 15) is 9.59 Å². The predicted molar refractivity (Wildman–Crippen MR) is 137 cm³/mol. The van der Waals surface area contributed by atoms with Gasteiger partial charge in [-0.1, -0.05) is 35.3 Å². The molecule has 1 aromatic carbocycles. The quantitative estimate of drug-likeness (QED) is 0.433. The summed E-state index contributed by atoms with van der Waals surface area (Å²) >= 11 is 12.2. The van der Waals surface area contributed by atoms with Gasteiger partial charge in [0.25, 0.3) is 0 Å². The lowest BCUT2D eigenvalue weighted by atomic mass is 9.96. The fourth-order valence-corrected chi connectivity index (χ4v) is 4.16. The van der Waals surface area contributed by atoms with Crippen LogP contribution in [0.5, 0.6) is 0 Å². The molecular weight excluding hydrogens is 508 g/mol. The number of benzene rings is 1. The molecule has 0 spiro atoms. The number of anilines is 1. The summed E-state index contributed by atoms with van der Waals surface area (Å²) in [6.07, 6.45) is 1.44. The van der Waals surface area contributed by atoms with Crippen molar-refractivity contribution < 1.29 is 9.59 Å². The maximum Gasteiger partial charge on any atom is 0.242 e. The summed E-state index contributed by atoms with van der Waals surface area (Å²) in [6.45, 7) is 4.54. The number of pyridine rings is 1. The van der Waals surface area contributed by atoms with E-state index in [1.807, 2.05) is 25.1 Å². The minimum absolute atomic E-state index is 0. The molecule has 2 aromatic rings. The zero-order valence-electron chi connectivity index (χ0n) is 18.4. The lowest BCUT2D eigenvalue weighted by Crippen LogP contribution is -2.50. The number of nitrogen functional groups attached to an aromatic ring is 1. The van der Waals surface area contributed by atoms with Gasteiger partial charge in [-0.05, 0) is 68.5 Å². The number of halogens is 4. The van der Waals surface area contributed by atoms with E-state index in [0.29, 0.717) is 35.4 Å². The molecule has 1 aliphatic rings. The number of nitrogens with zero attached hydrogens (tertiary/aromatic N) is 1. The van der Waals surface area contributed by atoms with E-state index in [1.54, 1.807) is 19.1 Å². The van der Waals surface area contributed by atoms with Crippen molar-refractivity contribution in [2.24, 2.45) is 5.92 Å². The Bertz CT molecular complexity index is 976. The van der Waals surface area contributed by atoms with Crippen LogP contribution in [0.15, 0.2) is 30.3 Å². The van der Waals surface area contributed by atoms with Crippen molar-refractivity contribution >= 4 is 65.6 Å². The molecule has 3 atom stereocenters. The molecule has 1 aromatic heterocycles. The number of aromatic nitrogens is 1. The van der Waals surface area contributed by atoms with Gasteiger partial charge in [-0.3, -0.25) is 9.59 Å². The van der Waals surface area contributed by atoms with Crippen molar-refractivity contribution in [1.82, 2.24) is 20.9 Å². The molecule has 33 heavy (non-hydrogen) atoms. The number of amides is 2. The van der Waals surface area contributed by atoms with Gasteiger partial charge in [0.1, 0.15) is 11.9 Å². The van der Waals surface area contributed by atoms with Gasteiger partial charge in [0.2, 0.25) is 11.8 Å². The highest BCUT2D eigenvalue weighted by Crippen LogP contribution is 2.26. The molecule has 0 saturated carbocycles. The highest BCUT2D eigenvalue weighted by Gasteiger charge is 2.31. The zero-order chi connectivity index (χ0) is 22.5. The van der Waals surface area contributed by atoms with Crippen molar-refractivity contribution in [3.05, 3.63) is 57.2 Å². The fourth-order valence-electron chi connectivity index (χ4n) is 3.67.